The normalized spacial score (nSPS) is 9.62. The molecule has 0 aliphatic heterocycles. The van der Waals surface area contributed by atoms with Crippen LogP contribution in [0.4, 0.5) is 5.69 Å². The number of nitrogens with zero attached hydrogens (tertiary/aromatic N) is 2. The van der Waals surface area contributed by atoms with Crippen LogP contribution in [0.5, 0.6) is 0 Å². The molecule has 0 unspecified atom stereocenters. The maximum atomic E-state index is 5.22. The van der Waals surface area contributed by atoms with Gasteiger partial charge in [0.25, 0.3) is 0 Å². The van der Waals surface area contributed by atoms with Crippen LogP contribution in [-0.4, -0.2) is 25.4 Å². The highest BCUT2D eigenvalue weighted by Crippen LogP contribution is 2.10. The largest absolute Gasteiger partial charge is 0.378 e. The molecule has 0 aliphatic rings. The summed E-state index contributed by atoms with van der Waals surface area (Å²) in [6.07, 6.45) is 1.67. The van der Waals surface area contributed by atoms with Crippen molar-refractivity contribution in [1.29, 1.82) is 0 Å². The molecular weight excluding hydrogens is 244 g/mol. The van der Waals surface area contributed by atoms with Gasteiger partial charge >= 0.3 is 0 Å². The van der Waals surface area contributed by atoms with Gasteiger partial charge in [-0.25, -0.2) is 0 Å². The number of hydrogen-bond donors (Lipinski definition) is 2. The van der Waals surface area contributed by atoms with Crippen LogP contribution in [0.15, 0.2) is 29.4 Å². The van der Waals surface area contributed by atoms with E-state index in [2.05, 4.69) is 22.7 Å². The smallest absolute Gasteiger partial charge is 0.184 e. The van der Waals surface area contributed by atoms with Gasteiger partial charge in [0, 0.05) is 19.8 Å². The lowest BCUT2D eigenvalue weighted by Crippen LogP contribution is -2.23. The first kappa shape index (κ1) is 14.7. The highest BCUT2D eigenvalue weighted by Gasteiger charge is 1.93. The van der Waals surface area contributed by atoms with Gasteiger partial charge in [-0.15, -0.1) is 12.4 Å². The van der Waals surface area contributed by atoms with Crippen LogP contribution in [0.25, 0.3) is 0 Å². The van der Waals surface area contributed by atoms with Gasteiger partial charge in [-0.3, -0.25) is 5.43 Å². The molecule has 1 aromatic carbocycles. The zero-order valence-corrected chi connectivity index (χ0v) is 10.8. The third kappa shape index (κ3) is 4.95. The number of nitrogens with one attached hydrogen (secondary N) is 1. The number of nitrogens with two attached hydrogens (primary N) is 1. The zero-order chi connectivity index (χ0) is 11.3. The highest BCUT2D eigenvalue weighted by molar-refractivity contribution is 7.80. The van der Waals surface area contributed by atoms with E-state index < -0.39 is 0 Å². The maximum absolute atomic E-state index is 5.22. The Morgan fingerprint density at radius 2 is 1.94 bits per heavy atom. The molecule has 1 aromatic rings. The number of hydrazone groups is 1. The van der Waals surface area contributed by atoms with Crippen LogP contribution in [0.3, 0.4) is 0 Å². The van der Waals surface area contributed by atoms with Crippen molar-refractivity contribution >= 4 is 41.6 Å². The molecule has 1 rings (SSSR count). The second kappa shape index (κ2) is 7.03. The molecule has 0 saturated carbocycles. The van der Waals surface area contributed by atoms with E-state index in [9.17, 15) is 0 Å². The van der Waals surface area contributed by atoms with Gasteiger partial charge in [0.1, 0.15) is 0 Å². The van der Waals surface area contributed by atoms with Crippen molar-refractivity contribution in [2.24, 2.45) is 10.8 Å². The van der Waals surface area contributed by atoms with Crippen molar-refractivity contribution in [2.75, 3.05) is 19.0 Å². The zero-order valence-electron chi connectivity index (χ0n) is 9.18. The van der Waals surface area contributed by atoms with E-state index in [-0.39, 0.29) is 17.5 Å². The van der Waals surface area contributed by atoms with E-state index in [0.717, 1.165) is 11.3 Å². The van der Waals surface area contributed by atoms with E-state index >= 15 is 0 Å². The van der Waals surface area contributed by atoms with Crippen LogP contribution < -0.4 is 16.1 Å². The molecule has 88 valence electrons. The molecule has 0 amide bonds. The number of hydrogen-bond acceptors (Lipinski definition) is 3. The van der Waals surface area contributed by atoms with Crippen LogP contribution in [0.2, 0.25) is 0 Å². The van der Waals surface area contributed by atoms with Gasteiger partial charge in [0.2, 0.25) is 0 Å². The molecule has 6 heteroatoms. The van der Waals surface area contributed by atoms with E-state index in [1.807, 2.05) is 43.3 Å². The molecule has 0 saturated heterocycles. The van der Waals surface area contributed by atoms with Gasteiger partial charge in [-0.2, -0.15) is 5.10 Å². The Morgan fingerprint density at radius 1 is 1.38 bits per heavy atom. The molecule has 4 nitrogen and oxygen atoms in total. The summed E-state index contributed by atoms with van der Waals surface area (Å²) >= 11 is 4.61. The lowest BCUT2D eigenvalue weighted by Gasteiger charge is -2.11. The average Bonchev–Trinajstić information content (AvgIpc) is 2.18. The standard InChI is InChI=1S/C10H14N4S.ClH/c1-14(2)9-5-3-8(4-6-9)7-12-13-10(11)15;/h3-7H,1-2H3,(H3,11,13,15);1H/b12-7+;. The van der Waals surface area contributed by atoms with Gasteiger partial charge in [0.05, 0.1) is 6.21 Å². The van der Waals surface area contributed by atoms with Crippen molar-refractivity contribution in [3.63, 3.8) is 0 Å². The second-order valence-electron chi connectivity index (χ2n) is 3.22. The van der Waals surface area contributed by atoms with Crippen molar-refractivity contribution in [3.05, 3.63) is 29.8 Å². The first-order valence-corrected chi connectivity index (χ1v) is 4.86. The predicted octanol–water partition coefficient (Wildman–Crippen LogP) is 1.34. The number of halogens is 1. The second-order valence-corrected chi connectivity index (χ2v) is 3.66. The fourth-order valence-corrected chi connectivity index (χ4v) is 1.08. The Morgan fingerprint density at radius 3 is 2.38 bits per heavy atom. The molecule has 16 heavy (non-hydrogen) atoms. The highest BCUT2D eigenvalue weighted by atomic mass is 35.5. The topological polar surface area (TPSA) is 53.6 Å². The summed E-state index contributed by atoms with van der Waals surface area (Å²) in [5, 5.41) is 4.02. The Kier molecular flexibility index (Phi) is 6.44. The molecule has 0 heterocycles. The number of rotatable bonds is 3. The maximum Gasteiger partial charge on any atom is 0.184 e. The predicted molar refractivity (Wildman–Crippen MR) is 75.5 cm³/mol. The minimum atomic E-state index is 0. The first-order valence-electron chi connectivity index (χ1n) is 4.45. The van der Waals surface area contributed by atoms with Crippen molar-refractivity contribution < 1.29 is 0 Å². The van der Waals surface area contributed by atoms with Gasteiger partial charge in [-0.1, -0.05) is 12.1 Å². The molecule has 0 fully saturated rings. The molecular formula is C10H15ClN4S. The summed E-state index contributed by atoms with van der Waals surface area (Å²) in [6.45, 7) is 0. The third-order valence-electron chi connectivity index (χ3n) is 1.80. The van der Waals surface area contributed by atoms with Crippen molar-refractivity contribution in [1.82, 2.24) is 5.43 Å². The monoisotopic (exact) mass is 258 g/mol. The Hall–Kier alpha value is -1.33. The number of thiocarbonyl (C=S) groups is 1. The lowest BCUT2D eigenvalue weighted by atomic mass is 10.2. The molecule has 0 bridgehead atoms. The molecule has 0 aromatic heterocycles. The van der Waals surface area contributed by atoms with Crippen LogP contribution in [0, 0.1) is 0 Å². The fraction of sp³-hybridized carbons (Fsp3) is 0.200. The SMILES string of the molecule is CN(C)c1ccc(/C=N/NC(N)=S)cc1.Cl. The van der Waals surface area contributed by atoms with E-state index in [1.165, 1.54) is 0 Å². The minimum Gasteiger partial charge on any atom is -0.378 e. The Labute approximate surface area is 107 Å². The van der Waals surface area contributed by atoms with Crippen LogP contribution in [0.1, 0.15) is 5.56 Å². The summed E-state index contributed by atoms with van der Waals surface area (Å²) in [6, 6.07) is 7.98. The van der Waals surface area contributed by atoms with Gasteiger partial charge in [-0.05, 0) is 29.9 Å². The summed E-state index contributed by atoms with van der Waals surface area (Å²) < 4.78 is 0. The quantitative estimate of drug-likeness (QED) is 0.488. The lowest BCUT2D eigenvalue weighted by molar-refractivity contribution is 1.04. The average molecular weight is 259 g/mol. The summed E-state index contributed by atoms with van der Waals surface area (Å²) in [4.78, 5) is 2.04. The Bertz CT molecular complexity index is 362. The minimum absolute atomic E-state index is 0. The number of benzene rings is 1. The third-order valence-corrected chi connectivity index (χ3v) is 1.89. The Balaban J connectivity index is 0.00000225. The van der Waals surface area contributed by atoms with Crippen molar-refractivity contribution in [3.8, 4) is 0 Å². The van der Waals surface area contributed by atoms with E-state index in [0.29, 0.717) is 0 Å². The summed E-state index contributed by atoms with van der Waals surface area (Å²) in [5.74, 6) is 0. The molecule has 0 spiro atoms. The van der Waals surface area contributed by atoms with Gasteiger partial charge < -0.3 is 10.6 Å². The van der Waals surface area contributed by atoms with Crippen LogP contribution >= 0.6 is 24.6 Å². The van der Waals surface area contributed by atoms with Crippen molar-refractivity contribution in [2.45, 2.75) is 0 Å². The molecule has 0 radical (unpaired) electrons. The first-order chi connectivity index (χ1) is 7.09. The van der Waals surface area contributed by atoms with Crippen LogP contribution in [-0.2, 0) is 0 Å². The van der Waals surface area contributed by atoms with E-state index in [4.69, 9.17) is 5.73 Å². The summed E-state index contributed by atoms with van der Waals surface area (Å²) in [7, 11) is 4.00. The van der Waals surface area contributed by atoms with Gasteiger partial charge in [0.15, 0.2) is 5.11 Å². The summed E-state index contributed by atoms with van der Waals surface area (Å²) in [5.41, 5.74) is 9.86. The molecule has 0 aliphatic carbocycles. The number of anilines is 1. The molecule has 3 N–H and O–H groups in total. The fourth-order valence-electron chi connectivity index (χ4n) is 1.03. The van der Waals surface area contributed by atoms with E-state index in [1.54, 1.807) is 6.21 Å². The molecule has 0 atom stereocenters.